The van der Waals surface area contributed by atoms with Crippen LogP contribution in [0.3, 0.4) is 0 Å². The third kappa shape index (κ3) is 1.92. The maximum Gasteiger partial charge on any atom is 0.169 e. The standard InChI is InChI=1S/C9H6F2N2O.ClH/c10-5-1-4-2-8(9(12)13)14-7(4)3-6(5)11;/h1-3H,(H3,12,13);1H. The predicted octanol–water partition coefficient (Wildman–Crippen LogP) is 2.42. The van der Waals surface area contributed by atoms with Crippen LogP contribution < -0.4 is 5.73 Å². The van der Waals surface area contributed by atoms with Gasteiger partial charge in [-0.3, -0.25) is 5.41 Å². The molecule has 15 heavy (non-hydrogen) atoms. The summed E-state index contributed by atoms with van der Waals surface area (Å²) in [6, 6.07) is 3.32. The van der Waals surface area contributed by atoms with E-state index in [9.17, 15) is 8.78 Å². The SMILES string of the molecule is Cl.N=C(N)c1cc2cc(F)c(F)cc2o1. The number of rotatable bonds is 1. The molecule has 3 nitrogen and oxygen atoms in total. The van der Waals surface area contributed by atoms with Crippen molar-refractivity contribution in [2.45, 2.75) is 0 Å². The zero-order valence-corrected chi connectivity index (χ0v) is 8.20. The highest BCUT2D eigenvalue weighted by molar-refractivity contribution is 5.96. The Morgan fingerprint density at radius 2 is 1.80 bits per heavy atom. The fourth-order valence-corrected chi connectivity index (χ4v) is 1.17. The normalized spacial score (nSPS) is 10.0. The number of halogens is 3. The van der Waals surface area contributed by atoms with Gasteiger partial charge in [0.05, 0.1) is 0 Å². The molecule has 2 rings (SSSR count). The van der Waals surface area contributed by atoms with Crippen LogP contribution in [0, 0.1) is 17.0 Å². The van der Waals surface area contributed by atoms with Gasteiger partial charge in [-0.25, -0.2) is 8.78 Å². The van der Waals surface area contributed by atoms with Crippen LogP contribution in [0.15, 0.2) is 22.6 Å². The van der Waals surface area contributed by atoms with Crippen LogP contribution in [0.2, 0.25) is 0 Å². The summed E-state index contributed by atoms with van der Waals surface area (Å²) in [5, 5.41) is 7.46. The van der Waals surface area contributed by atoms with E-state index in [4.69, 9.17) is 15.6 Å². The summed E-state index contributed by atoms with van der Waals surface area (Å²) in [5.41, 5.74) is 5.33. The molecule has 1 heterocycles. The number of amidine groups is 1. The van der Waals surface area contributed by atoms with Gasteiger partial charge in [-0.2, -0.15) is 0 Å². The summed E-state index contributed by atoms with van der Waals surface area (Å²) in [5.74, 6) is -2.11. The van der Waals surface area contributed by atoms with Crippen LogP contribution >= 0.6 is 12.4 Å². The highest BCUT2D eigenvalue weighted by atomic mass is 35.5. The second-order valence-electron chi connectivity index (χ2n) is 2.83. The molecule has 1 aromatic carbocycles. The Kier molecular flexibility index (Phi) is 2.95. The molecular formula is C9H7ClF2N2O. The Balaban J connectivity index is 0.00000112. The summed E-state index contributed by atoms with van der Waals surface area (Å²) < 4.78 is 30.5. The summed E-state index contributed by atoms with van der Waals surface area (Å²) in [7, 11) is 0. The average molecular weight is 233 g/mol. The van der Waals surface area contributed by atoms with E-state index in [0.717, 1.165) is 12.1 Å². The molecule has 1 aromatic heterocycles. The van der Waals surface area contributed by atoms with Gasteiger partial charge in [-0.05, 0) is 12.1 Å². The maximum atomic E-state index is 12.8. The molecule has 3 N–H and O–H groups in total. The Morgan fingerprint density at radius 1 is 1.20 bits per heavy atom. The van der Waals surface area contributed by atoms with Crippen molar-refractivity contribution < 1.29 is 13.2 Å². The lowest BCUT2D eigenvalue weighted by atomic mass is 10.2. The van der Waals surface area contributed by atoms with Crippen LogP contribution in [-0.4, -0.2) is 5.84 Å². The summed E-state index contributed by atoms with van der Waals surface area (Å²) >= 11 is 0. The topological polar surface area (TPSA) is 63.0 Å². The highest BCUT2D eigenvalue weighted by Gasteiger charge is 2.10. The van der Waals surface area contributed by atoms with Crippen molar-refractivity contribution in [3.8, 4) is 0 Å². The molecule has 0 saturated carbocycles. The lowest BCUT2D eigenvalue weighted by Gasteiger charge is -1.90. The molecule has 0 fully saturated rings. The third-order valence-corrected chi connectivity index (χ3v) is 1.82. The number of nitrogens with one attached hydrogen (secondary N) is 1. The number of fused-ring (bicyclic) bond motifs is 1. The zero-order chi connectivity index (χ0) is 10.3. The van der Waals surface area contributed by atoms with Crippen LogP contribution in [0.25, 0.3) is 11.0 Å². The highest BCUT2D eigenvalue weighted by Crippen LogP contribution is 2.21. The zero-order valence-electron chi connectivity index (χ0n) is 7.38. The van der Waals surface area contributed by atoms with E-state index < -0.39 is 11.6 Å². The van der Waals surface area contributed by atoms with E-state index in [1.807, 2.05) is 0 Å². The van der Waals surface area contributed by atoms with Gasteiger partial charge in [-0.15, -0.1) is 12.4 Å². The molecule has 2 aromatic rings. The fraction of sp³-hybridized carbons (Fsp3) is 0. The molecule has 0 aliphatic heterocycles. The van der Waals surface area contributed by atoms with Crippen molar-refractivity contribution in [1.29, 1.82) is 5.41 Å². The second kappa shape index (κ2) is 3.86. The minimum atomic E-state index is -0.984. The van der Waals surface area contributed by atoms with Crippen LogP contribution in [-0.2, 0) is 0 Å². The number of nitrogen functional groups attached to an aromatic ring is 1. The number of hydrogen-bond donors (Lipinski definition) is 2. The number of hydrogen-bond acceptors (Lipinski definition) is 2. The minimum absolute atomic E-state index is 0. The molecule has 0 aliphatic carbocycles. The van der Waals surface area contributed by atoms with Crippen molar-refractivity contribution in [3.05, 3.63) is 35.6 Å². The van der Waals surface area contributed by atoms with E-state index in [1.54, 1.807) is 0 Å². The van der Waals surface area contributed by atoms with E-state index in [1.165, 1.54) is 6.07 Å². The Labute approximate surface area is 89.8 Å². The van der Waals surface area contributed by atoms with Crippen LogP contribution in [0.1, 0.15) is 5.76 Å². The molecule has 0 atom stereocenters. The molecule has 0 radical (unpaired) electrons. The Bertz CT molecular complexity index is 485. The van der Waals surface area contributed by atoms with Gasteiger partial charge in [0, 0.05) is 11.5 Å². The molecule has 80 valence electrons. The molecule has 0 aliphatic rings. The molecule has 0 saturated heterocycles. The Morgan fingerprint density at radius 3 is 2.40 bits per heavy atom. The average Bonchev–Trinajstić information content (AvgIpc) is 2.48. The molecule has 0 unspecified atom stereocenters. The number of furan rings is 1. The first-order valence-corrected chi connectivity index (χ1v) is 3.81. The summed E-state index contributed by atoms with van der Waals surface area (Å²) in [6.07, 6.45) is 0. The third-order valence-electron chi connectivity index (χ3n) is 1.82. The van der Waals surface area contributed by atoms with Gasteiger partial charge < -0.3 is 10.2 Å². The molecular weight excluding hydrogens is 226 g/mol. The largest absolute Gasteiger partial charge is 0.453 e. The fourth-order valence-electron chi connectivity index (χ4n) is 1.17. The van der Waals surface area contributed by atoms with Crippen molar-refractivity contribution in [3.63, 3.8) is 0 Å². The Hall–Kier alpha value is -1.62. The first-order chi connectivity index (χ1) is 6.58. The quantitative estimate of drug-likeness (QED) is 0.586. The van der Waals surface area contributed by atoms with Crippen molar-refractivity contribution >= 4 is 29.2 Å². The number of nitrogens with two attached hydrogens (primary N) is 1. The van der Waals surface area contributed by atoms with E-state index >= 15 is 0 Å². The second-order valence-corrected chi connectivity index (χ2v) is 2.83. The van der Waals surface area contributed by atoms with Crippen molar-refractivity contribution in [2.75, 3.05) is 0 Å². The lowest BCUT2D eigenvalue weighted by molar-refractivity contribution is 0.507. The first kappa shape index (κ1) is 11.5. The van der Waals surface area contributed by atoms with Crippen molar-refractivity contribution in [1.82, 2.24) is 0 Å². The van der Waals surface area contributed by atoms with Gasteiger partial charge in [0.2, 0.25) is 0 Å². The lowest BCUT2D eigenvalue weighted by Crippen LogP contribution is -2.09. The van der Waals surface area contributed by atoms with Gasteiger partial charge in [0.15, 0.2) is 23.2 Å². The molecule has 6 heteroatoms. The number of benzene rings is 1. The van der Waals surface area contributed by atoms with Gasteiger partial charge >= 0.3 is 0 Å². The summed E-state index contributed by atoms with van der Waals surface area (Å²) in [4.78, 5) is 0. The van der Waals surface area contributed by atoms with Gasteiger partial charge in [0.1, 0.15) is 5.58 Å². The van der Waals surface area contributed by atoms with Crippen LogP contribution in [0.4, 0.5) is 8.78 Å². The minimum Gasteiger partial charge on any atom is -0.453 e. The summed E-state index contributed by atoms with van der Waals surface area (Å²) in [6.45, 7) is 0. The van der Waals surface area contributed by atoms with Gasteiger partial charge in [-0.1, -0.05) is 0 Å². The molecule has 0 bridgehead atoms. The van der Waals surface area contributed by atoms with E-state index in [0.29, 0.717) is 5.39 Å². The maximum absolute atomic E-state index is 12.8. The van der Waals surface area contributed by atoms with Gasteiger partial charge in [0.25, 0.3) is 0 Å². The predicted molar refractivity (Wildman–Crippen MR) is 54.4 cm³/mol. The van der Waals surface area contributed by atoms with E-state index in [2.05, 4.69) is 0 Å². The van der Waals surface area contributed by atoms with Crippen LogP contribution in [0.5, 0.6) is 0 Å². The molecule has 0 amide bonds. The molecule has 0 spiro atoms. The van der Waals surface area contributed by atoms with E-state index in [-0.39, 0.29) is 29.6 Å². The smallest absolute Gasteiger partial charge is 0.169 e. The first-order valence-electron chi connectivity index (χ1n) is 3.81. The van der Waals surface area contributed by atoms with Crippen molar-refractivity contribution in [2.24, 2.45) is 5.73 Å². The monoisotopic (exact) mass is 232 g/mol.